The minimum absolute atomic E-state index is 0.169. The van der Waals surface area contributed by atoms with Gasteiger partial charge in [0.15, 0.2) is 5.82 Å². The zero-order valence-electron chi connectivity index (χ0n) is 19.5. The molecule has 7 rings (SSSR count). The molecule has 3 unspecified atom stereocenters. The van der Waals surface area contributed by atoms with Crippen molar-refractivity contribution in [2.45, 2.75) is 73.2 Å². The average molecular weight is 514 g/mol. The number of rotatable bonds is 5. The fourth-order valence-electron chi connectivity index (χ4n) is 6.34. The van der Waals surface area contributed by atoms with Gasteiger partial charge < -0.3 is 15.3 Å². The standard InChI is InChI=1S/C22H27N9O2S2/c1-12-7-17(29-28-12)25-18-16-3-6-34-19(16)27-20(26-18)24-13-8-14-10-22(11-15(9-13)31(14)22)35(32,33)21-23-4-5-30(21)2/h3-6,12-15,28H,7-11H2,1-2H3,(H2,24,25,26,27,29)/t12?,13?,14-,15+,22?. The second-order valence-corrected chi connectivity index (χ2v) is 13.2. The van der Waals surface area contributed by atoms with Crippen LogP contribution in [0.4, 0.5) is 11.8 Å². The van der Waals surface area contributed by atoms with Gasteiger partial charge in [0, 0.05) is 50.0 Å². The molecule has 0 spiro atoms. The molecule has 0 saturated carbocycles. The van der Waals surface area contributed by atoms with Crippen LogP contribution in [0.3, 0.4) is 0 Å². The topological polar surface area (TPSA) is 129 Å². The van der Waals surface area contributed by atoms with E-state index in [1.165, 1.54) is 0 Å². The highest BCUT2D eigenvalue weighted by molar-refractivity contribution is 7.92. The van der Waals surface area contributed by atoms with Gasteiger partial charge in [-0.1, -0.05) is 0 Å². The number of piperidine rings is 2. The van der Waals surface area contributed by atoms with Gasteiger partial charge in [0.05, 0.1) is 5.39 Å². The molecule has 184 valence electrons. The van der Waals surface area contributed by atoms with Crippen LogP contribution >= 0.6 is 11.3 Å². The number of hydrogen-bond acceptors (Lipinski definition) is 10. The van der Waals surface area contributed by atoms with Gasteiger partial charge in [-0.2, -0.15) is 4.98 Å². The summed E-state index contributed by atoms with van der Waals surface area (Å²) in [6, 6.07) is 3.03. The van der Waals surface area contributed by atoms with E-state index in [0.29, 0.717) is 30.6 Å². The first-order valence-corrected chi connectivity index (χ1v) is 14.3. The van der Waals surface area contributed by atoms with Gasteiger partial charge in [0.25, 0.3) is 0 Å². The number of fused-ring (bicyclic) bond motifs is 1. The normalized spacial score (nSPS) is 33.3. The first-order chi connectivity index (χ1) is 16.8. The Balaban J connectivity index is 1.10. The fraction of sp³-hybridized carbons (Fsp3) is 0.545. The Labute approximate surface area is 207 Å². The summed E-state index contributed by atoms with van der Waals surface area (Å²) in [5, 5.41) is 6.68. The summed E-state index contributed by atoms with van der Waals surface area (Å²) >= 11 is 1.58. The zero-order chi connectivity index (χ0) is 23.9. The zero-order valence-corrected chi connectivity index (χ0v) is 21.1. The maximum Gasteiger partial charge on any atom is 0.230 e. The van der Waals surface area contributed by atoms with Crippen LogP contribution in [-0.2, 0) is 16.9 Å². The summed E-state index contributed by atoms with van der Waals surface area (Å²) in [4.78, 5) is 20.8. The molecule has 5 atom stereocenters. The van der Waals surface area contributed by atoms with Gasteiger partial charge >= 0.3 is 0 Å². The van der Waals surface area contributed by atoms with Crippen molar-refractivity contribution in [1.82, 2.24) is 35.3 Å². The molecule has 4 aliphatic heterocycles. The van der Waals surface area contributed by atoms with E-state index in [1.807, 2.05) is 11.4 Å². The molecule has 0 aromatic carbocycles. The third-order valence-electron chi connectivity index (χ3n) is 7.84. The fourth-order valence-corrected chi connectivity index (χ4v) is 9.48. The summed E-state index contributed by atoms with van der Waals surface area (Å²) in [6.07, 6.45) is 7.10. The van der Waals surface area contributed by atoms with E-state index in [2.05, 4.69) is 33.0 Å². The van der Waals surface area contributed by atoms with Crippen LogP contribution in [0.1, 0.15) is 39.0 Å². The summed E-state index contributed by atoms with van der Waals surface area (Å²) < 4.78 is 28.4. The molecule has 0 radical (unpaired) electrons. The van der Waals surface area contributed by atoms with Crippen molar-refractivity contribution in [2.24, 2.45) is 12.0 Å². The van der Waals surface area contributed by atoms with Crippen LogP contribution < -0.4 is 16.2 Å². The Bertz CT molecular complexity index is 1450. The van der Waals surface area contributed by atoms with Gasteiger partial charge in [-0.05, 0) is 44.1 Å². The monoisotopic (exact) mass is 513 g/mol. The molecule has 3 aromatic heterocycles. The van der Waals surface area contributed by atoms with Gasteiger partial charge in [-0.15, -0.1) is 11.3 Å². The number of aryl methyl sites for hydroxylation is 1. The predicted octanol–water partition coefficient (Wildman–Crippen LogP) is 1.93. The van der Waals surface area contributed by atoms with Crippen molar-refractivity contribution < 1.29 is 8.42 Å². The second kappa shape index (κ2) is 7.45. The first kappa shape index (κ1) is 21.7. The molecule has 0 bridgehead atoms. The number of anilines is 1. The number of nitrogens with one attached hydrogen (secondary N) is 3. The molecule has 4 saturated heterocycles. The minimum Gasteiger partial charge on any atom is -0.351 e. The maximum absolute atomic E-state index is 13.4. The molecular formula is C22H27N9O2S2. The lowest BCUT2D eigenvalue weighted by Crippen LogP contribution is -2.83. The largest absolute Gasteiger partial charge is 0.351 e. The minimum atomic E-state index is -3.50. The molecule has 4 fully saturated rings. The smallest absolute Gasteiger partial charge is 0.230 e. The second-order valence-electron chi connectivity index (χ2n) is 10.1. The van der Waals surface area contributed by atoms with Crippen LogP contribution in [0, 0.1) is 0 Å². The maximum atomic E-state index is 13.4. The molecule has 7 heterocycles. The lowest BCUT2D eigenvalue weighted by atomic mass is 9.68. The number of amidine groups is 1. The van der Waals surface area contributed by atoms with Crippen molar-refractivity contribution in [3.05, 3.63) is 23.8 Å². The van der Waals surface area contributed by atoms with Crippen LogP contribution in [0.2, 0.25) is 0 Å². The lowest BCUT2D eigenvalue weighted by Gasteiger charge is -2.71. The van der Waals surface area contributed by atoms with Crippen LogP contribution in [0.5, 0.6) is 0 Å². The average Bonchev–Trinajstić information content (AvgIpc) is 3.51. The Kier molecular flexibility index (Phi) is 4.61. The highest BCUT2D eigenvalue weighted by Gasteiger charge is 2.72. The number of thiophene rings is 1. The van der Waals surface area contributed by atoms with Crippen molar-refractivity contribution >= 4 is 49.0 Å². The van der Waals surface area contributed by atoms with Crippen molar-refractivity contribution in [3.8, 4) is 0 Å². The third-order valence-corrected chi connectivity index (χ3v) is 11.1. The van der Waals surface area contributed by atoms with E-state index in [9.17, 15) is 8.42 Å². The van der Waals surface area contributed by atoms with Gasteiger partial charge in [0.2, 0.25) is 20.9 Å². The molecular weight excluding hydrogens is 486 g/mol. The Morgan fingerprint density at radius 1 is 1.26 bits per heavy atom. The van der Waals surface area contributed by atoms with Gasteiger partial charge in [0.1, 0.15) is 15.5 Å². The van der Waals surface area contributed by atoms with Crippen molar-refractivity contribution in [3.63, 3.8) is 0 Å². The van der Waals surface area contributed by atoms with E-state index in [0.717, 1.165) is 35.3 Å². The molecule has 13 heteroatoms. The van der Waals surface area contributed by atoms with Crippen LogP contribution in [-0.4, -0.2) is 67.7 Å². The number of imidazole rings is 1. The number of nitrogens with zero attached hydrogens (tertiary/aromatic N) is 6. The number of sulfone groups is 1. The number of hydrogen-bond donors (Lipinski definition) is 3. The Morgan fingerprint density at radius 2 is 2.06 bits per heavy atom. The highest BCUT2D eigenvalue weighted by atomic mass is 32.2. The molecule has 11 nitrogen and oxygen atoms in total. The van der Waals surface area contributed by atoms with Crippen LogP contribution in [0.25, 0.3) is 10.2 Å². The molecule has 0 aliphatic carbocycles. The number of aromatic nitrogens is 4. The lowest BCUT2D eigenvalue weighted by molar-refractivity contribution is -0.173. The first-order valence-electron chi connectivity index (χ1n) is 12.0. The Morgan fingerprint density at radius 3 is 2.74 bits per heavy atom. The number of hydrazine groups is 1. The van der Waals surface area contributed by atoms with Gasteiger partial charge in [-0.25, -0.2) is 28.8 Å². The predicted molar refractivity (Wildman–Crippen MR) is 133 cm³/mol. The van der Waals surface area contributed by atoms with Gasteiger partial charge in [-0.3, -0.25) is 4.90 Å². The van der Waals surface area contributed by atoms with Crippen molar-refractivity contribution in [2.75, 3.05) is 5.32 Å². The van der Waals surface area contributed by atoms with E-state index in [1.54, 1.807) is 35.3 Å². The summed E-state index contributed by atoms with van der Waals surface area (Å²) in [7, 11) is -1.76. The molecule has 3 N–H and O–H groups in total. The van der Waals surface area contributed by atoms with E-state index >= 15 is 0 Å². The molecule has 35 heavy (non-hydrogen) atoms. The van der Waals surface area contributed by atoms with E-state index in [4.69, 9.17) is 15.0 Å². The van der Waals surface area contributed by atoms with E-state index in [-0.39, 0.29) is 23.3 Å². The van der Waals surface area contributed by atoms with Crippen LogP contribution in [0.15, 0.2) is 34.0 Å². The number of aliphatic imine (C=N–C) groups is 1. The quantitative estimate of drug-likeness (QED) is 0.469. The summed E-state index contributed by atoms with van der Waals surface area (Å²) in [5.74, 6) is 2.13. The Hall–Kier alpha value is -2.61. The molecule has 4 aliphatic rings. The summed E-state index contributed by atoms with van der Waals surface area (Å²) in [5.41, 5.74) is 6.31. The summed E-state index contributed by atoms with van der Waals surface area (Å²) in [6.45, 7) is 2.10. The SMILES string of the molecule is CC1CC(=Nc2nc(NC3C[C@@H]4CC5(S(=O)(=O)c6nccn6C)C[C@H](C3)N45)nc3sccc23)NN1. The highest BCUT2D eigenvalue weighted by Crippen LogP contribution is 2.60. The van der Waals surface area contributed by atoms with E-state index < -0.39 is 14.7 Å². The van der Waals surface area contributed by atoms with Crippen molar-refractivity contribution in [1.29, 1.82) is 0 Å². The molecule has 3 aromatic rings. The third kappa shape index (κ3) is 3.11. The molecule has 0 amide bonds.